The highest BCUT2D eigenvalue weighted by atomic mass is 19.4. The number of rotatable bonds is 1. The molecule has 20 heavy (non-hydrogen) atoms. The van der Waals surface area contributed by atoms with Crippen LogP contribution >= 0.6 is 0 Å². The Balaban J connectivity index is 1.85. The lowest BCUT2D eigenvalue weighted by molar-refractivity contribution is -0.137. The van der Waals surface area contributed by atoms with Crippen molar-refractivity contribution < 1.29 is 13.2 Å². The summed E-state index contributed by atoms with van der Waals surface area (Å²) in [5.41, 5.74) is 1.15. The number of hydrogen-bond acceptors (Lipinski definition) is 0. The smallest absolute Gasteiger partial charge is 0.166 e. The SMILES string of the molecule is Cc1cc(C2CC3CCCCC3C2)cc(C(F)(F)F)c1. The molecule has 0 nitrogen and oxygen atoms in total. The van der Waals surface area contributed by atoms with Crippen LogP contribution in [-0.4, -0.2) is 0 Å². The van der Waals surface area contributed by atoms with Gasteiger partial charge in [-0.25, -0.2) is 0 Å². The Labute approximate surface area is 118 Å². The number of alkyl halides is 3. The molecule has 2 fully saturated rings. The van der Waals surface area contributed by atoms with E-state index in [2.05, 4.69) is 0 Å². The molecule has 0 spiro atoms. The van der Waals surface area contributed by atoms with E-state index < -0.39 is 11.7 Å². The minimum absolute atomic E-state index is 0.337. The average molecular weight is 282 g/mol. The Morgan fingerprint density at radius 3 is 2.10 bits per heavy atom. The molecule has 2 unspecified atom stereocenters. The molecule has 0 radical (unpaired) electrons. The molecule has 1 aromatic rings. The first-order chi connectivity index (χ1) is 9.43. The maximum absolute atomic E-state index is 12.9. The van der Waals surface area contributed by atoms with Crippen molar-refractivity contribution in [3.05, 3.63) is 34.9 Å². The van der Waals surface area contributed by atoms with Gasteiger partial charge in [-0.15, -0.1) is 0 Å². The Morgan fingerprint density at radius 1 is 0.950 bits per heavy atom. The number of hydrogen-bond donors (Lipinski definition) is 0. The van der Waals surface area contributed by atoms with E-state index in [4.69, 9.17) is 0 Å². The van der Waals surface area contributed by atoms with Crippen LogP contribution in [0.5, 0.6) is 0 Å². The third kappa shape index (κ3) is 2.72. The summed E-state index contributed by atoms with van der Waals surface area (Å²) in [6, 6.07) is 4.59. The van der Waals surface area contributed by atoms with Crippen LogP contribution in [0, 0.1) is 18.8 Å². The van der Waals surface area contributed by atoms with Gasteiger partial charge in [0.2, 0.25) is 0 Å². The predicted molar refractivity (Wildman–Crippen MR) is 73.6 cm³/mol. The second kappa shape index (κ2) is 5.09. The summed E-state index contributed by atoms with van der Waals surface area (Å²) in [5, 5.41) is 0. The van der Waals surface area contributed by atoms with Crippen molar-refractivity contribution in [2.24, 2.45) is 11.8 Å². The van der Waals surface area contributed by atoms with Crippen molar-refractivity contribution >= 4 is 0 Å². The van der Waals surface area contributed by atoms with Gasteiger partial charge in [0.05, 0.1) is 5.56 Å². The van der Waals surface area contributed by atoms with E-state index in [1.54, 1.807) is 6.92 Å². The summed E-state index contributed by atoms with van der Waals surface area (Å²) in [6.07, 6.45) is 3.10. The van der Waals surface area contributed by atoms with Gasteiger partial charge < -0.3 is 0 Å². The summed E-state index contributed by atoms with van der Waals surface area (Å²) < 4.78 is 38.8. The van der Waals surface area contributed by atoms with Crippen LogP contribution in [0.3, 0.4) is 0 Å². The van der Waals surface area contributed by atoms with Crippen molar-refractivity contribution in [3.63, 3.8) is 0 Å². The zero-order chi connectivity index (χ0) is 14.3. The number of benzene rings is 1. The first-order valence-corrected chi connectivity index (χ1v) is 7.62. The molecule has 2 saturated carbocycles. The monoisotopic (exact) mass is 282 g/mol. The van der Waals surface area contributed by atoms with E-state index in [0.29, 0.717) is 5.92 Å². The van der Waals surface area contributed by atoms with Crippen molar-refractivity contribution in [2.75, 3.05) is 0 Å². The fourth-order valence-electron chi connectivity index (χ4n) is 4.22. The van der Waals surface area contributed by atoms with Gasteiger partial charge in [-0.2, -0.15) is 13.2 Å². The third-order valence-electron chi connectivity index (χ3n) is 5.14. The Hall–Kier alpha value is -0.990. The molecule has 0 heterocycles. The molecular formula is C17H21F3. The van der Waals surface area contributed by atoms with E-state index in [9.17, 15) is 13.2 Å². The highest BCUT2D eigenvalue weighted by Crippen LogP contribution is 2.49. The summed E-state index contributed by atoms with van der Waals surface area (Å²) >= 11 is 0. The van der Waals surface area contributed by atoms with Crippen LogP contribution in [0.4, 0.5) is 13.2 Å². The van der Waals surface area contributed by atoms with E-state index >= 15 is 0 Å². The quantitative estimate of drug-likeness (QED) is 0.620. The van der Waals surface area contributed by atoms with Crippen molar-refractivity contribution in [3.8, 4) is 0 Å². The topological polar surface area (TPSA) is 0 Å². The maximum Gasteiger partial charge on any atom is 0.416 e. The molecule has 2 aliphatic carbocycles. The van der Waals surface area contributed by atoms with E-state index in [1.807, 2.05) is 6.07 Å². The van der Waals surface area contributed by atoms with E-state index in [0.717, 1.165) is 35.8 Å². The molecule has 0 N–H and O–H groups in total. The van der Waals surface area contributed by atoms with Gasteiger partial charge in [0.1, 0.15) is 0 Å². The van der Waals surface area contributed by atoms with Gasteiger partial charge in [0, 0.05) is 0 Å². The van der Waals surface area contributed by atoms with Crippen LogP contribution < -0.4 is 0 Å². The average Bonchev–Trinajstić information content (AvgIpc) is 2.80. The van der Waals surface area contributed by atoms with Gasteiger partial charge in [-0.3, -0.25) is 0 Å². The van der Waals surface area contributed by atoms with Crippen molar-refractivity contribution in [2.45, 2.75) is 57.5 Å². The number of aryl methyl sites for hydroxylation is 1. The van der Waals surface area contributed by atoms with Gasteiger partial charge in [-0.05, 0) is 55.2 Å². The molecule has 2 aliphatic rings. The predicted octanol–water partition coefficient (Wildman–Crippen LogP) is 5.70. The maximum atomic E-state index is 12.9. The molecule has 1 aromatic carbocycles. The summed E-state index contributed by atoms with van der Waals surface area (Å²) in [7, 11) is 0. The molecule has 2 atom stereocenters. The molecule has 0 amide bonds. The second-order valence-electron chi connectivity index (χ2n) is 6.60. The number of halogens is 3. The summed E-state index contributed by atoms with van der Waals surface area (Å²) in [6.45, 7) is 1.76. The minimum atomic E-state index is -4.23. The summed E-state index contributed by atoms with van der Waals surface area (Å²) in [4.78, 5) is 0. The van der Waals surface area contributed by atoms with E-state index in [1.165, 1.54) is 37.8 Å². The zero-order valence-electron chi connectivity index (χ0n) is 11.8. The highest BCUT2D eigenvalue weighted by Gasteiger charge is 2.37. The summed E-state index contributed by atoms with van der Waals surface area (Å²) in [5.74, 6) is 1.84. The fraction of sp³-hybridized carbons (Fsp3) is 0.647. The normalized spacial score (nSPS) is 30.3. The molecule has 3 rings (SSSR count). The van der Waals surface area contributed by atoms with Crippen molar-refractivity contribution in [1.29, 1.82) is 0 Å². The van der Waals surface area contributed by atoms with Gasteiger partial charge in [0.15, 0.2) is 0 Å². The third-order valence-corrected chi connectivity index (χ3v) is 5.14. The first kappa shape index (κ1) is 14.0. The second-order valence-corrected chi connectivity index (χ2v) is 6.60. The van der Waals surface area contributed by atoms with Crippen LogP contribution in [0.15, 0.2) is 18.2 Å². The molecule has 0 saturated heterocycles. The molecule has 110 valence electrons. The van der Waals surface area contributed by atoms with Gasteiger partial charge in [0.25, 0.3) is 0 Å². The van der Waals surface area contributed by atoms with Crippen LogP contribution in [0.2, 0.25) is 0 Å². The van der Waals surface area contributed by atoms with E-state index in [-0.39, 0.29) is 0 Å². The minimum Gasteiger partial charge on any atom is -0.166 e. The first-order valence-electron chi connectivity index (χ1n) is 7.62. The Bertz CT molecular complexity index is 475. The fourth-order valence-corrected chi connectivity index (χ4v) is 4.22. The Morgan fingerprint density at radius 2 is 1.55 bits per heavy atom. The van der Waals surface area contributed by atoms with Gasteiger partial charge in [-0.1, -0.05) is 37.3 Å². The molecule has 0 aliphatic heterocycles. The molecule has 3 heteroatoms. The lowest BCUT2D eigenvalue weighted by Crippen LogP contribution is -2.12. The van der Waals surface area contributed by atoms with Crippen LogP contribution in [0.25, 0.3) is 0 Å². The standard InChI is InChI=1S/C17H21F3/c1-11-6-14(10-16(7-11)17(18,19)20)15-8-12-4-2-3-5-13(12)9-15/h6-7,10,12-13,15H,2-5,8-9H2,1H3. The molecule has 0 aromatic heterocycles. The van der Waals surface area contributed by atoms with Crippen molar-refractivity contribution in [1.82, 2.24) is 0 Å². The molecule has 0 bridgehead atoms. The van der Waals surface area contributed by atoms with Gasteiger partial charge >= 0.3 is 6.18 Å². The highest BCUT2D eigenvalue weighted by molar-refractivity contribution is 5.34. The van der Waals surface area contributed by atoms with Crippen LogP contribution in [-0.2, 0) is 6.18 Å². The zero-order valence-corrected chi connectivity index (χ0v) is 11.8. The van der Waals surface area contributed by atoms with Crippen LogP contribution in [0.1, 0.15) is 61.1 Å². The number of fused-ring (bicyclic) bond motifs is 1. The Kier molecular flexibility index (Phi) is 3.55. The molecular weight excluding hydrogens is 261 g/mol. The lowest BCUT2D eigenvalue weighted by atomic mass is 9.82. The largest absolute Gasteiger partial charge is 0.416 e. The lowest BCUT2D eigenvalue weighted by Gasteiger charge is -2.24.